The van der Waals surface area contributed by atoms with Crippen molar-refractivity contribution in [1.29, 1.82) is 5.26 Å². The Morgan fingerprint density at radius 3 is 2.63 bits per heavy atom. The summed E-state index contributed by atoms with van der Waals surface area (Å²) in [6, 6.07) is 9.74. The average Bonchev–Trinajstić information content (AvgIpc) is 2.42. The first kappa shape index (κ1) is 14.0. The Balaban J connectivity index is 1.96. The normalized spacial score (nSPS) is 22.9. The molecule has 1 heterocycles. The Morgan fingerprint density at radius 2 is 2.05 bits per heavy atom. The Hall–Kier alpha value is -1.41. The second-order valence-electron chi connectivity index (χ2n) is 5.36. The number of aliphatic hydroxyl groups is 1. The monoisotopic (exact) mass is 259 g/mol. The maximum atomic E-state index is 10.3. The number of rotatable bonds is 3. The van der Waals surface area contributed by atoms with Gasteiger partial charge in [0, 0.05) is 32.2 Å². The molecule has 1 aromatic carbocycles. The van der Waals surface area contributed by atoms with Gasteiger partial charge in [0.1, 0.15) is 0 Å². The predicted octanol–water partition coefficient (Wildman–Crippen LogP) is 1.23. The number of hydrogen-bond donors (Lipinski definition) is 1. The van der Waals surface area contributed by atoms with E-state index in [0.717, 1.165) is 25.2 Å². The first-order valence-electron chi connectivity index (χ1n) is 6.71. The van der Waals surface area contributed by atoms with Gasteiger partial charge in [-0.25, -0.2) is 0 Å². The van der Waals surface area contributed by atoms with E-state index in [1.54, 1.807) is 12.1 Å². The summed E-state index contributed by atoms with van der Waals surface area (Å²) in [4.78, 5) is 4.64. The molecule has 1 fully saturated rings. The van der Waals surface area contributed by atoms with Gasteiger partial charge >= 0.3 is 0 Å². The third-order valence-corrected chi connectivity index (χ3v) is 3.80. The molecule has 1 saturated heterocycles. The van der Waals surface area contributed by atoms with Crippen molar-refractivity contribution in [2.45, 2.75) is 19.1 Å². The fourth-order valence-electron chi connectivity index (χ4n) is 2.56. The van der Waals surface area contributed by atoms with Crippen LogP contribution >= 0.6 is 0 Å². The molecule has 102 valence electrons. The van der Waals surface area contributed by atoms with Gasteiger partial charge in [-0.05, 0) is 31.7 Å². The fraction of sp³-hybridized carbons (Fsp3) is 0.533. The highest BCUT2D eigenvalue weighted by Gasteiger charge is 2.23. The standard InChI is InChI=1S/C15H21N3O/c1-12-10-17(2)7-8-18(12)11-15(19)14-5-3-13(9-16)4-6-14/h3-6,12,15,19H,7-8,10-11H2,1-2H3. The molecule has 1 aromatic rings. The largest absolute Gasteiger partial charge is 0.387 e. The summed E-state index contributed by atoms with van der Waals surface area (Å²) in [5, 5.41) is 19.0. The third-order valence-electron chi connectivity index (χ3n) is 3.80. The van der Waals surface area contributed by atoms with E-state index >= 15 is 0 Å². The lowest BCUT2D eigenvalue weighted by Gasteiger charge is -2.39. The van der Waals surface area contributed by atoms with Gasteiger partial charge < -0.3 is 10.0 Å². The van der Waals surface area contributed by atoms with E-state index in [1.165, 1.54) is 0 Å². The van der Waals surface area contributed by atoms with E-state index in [9.17, 15) is 5.11 Å². The van der Waals surface area contributed by atoms with Crippen LogP contribution in [0.15, 0.2) is 24.3 Å². The van der Waals surface area contributed by atoms with Gasteiger partial charge in [-0.1, -0.05) is 12.1 Å². The van der Waals surface area contributed by atoms with Crippen LogP contribution in [-0.2, 0) is 0 Å². The Labute approximate surface area is 114 Å². The molecule has 2 atom stereocenters. The second kappa shape index (κ2) is 6.16. The molecule has 19 heavy (non-hydrogen) atoms. The second-order valence-corrected chi connectivity index (χ2v) is 5.36. The molecule has 0 bridgehead atoms. The van der Waals surface area contributed by atoms with Crippen LogP contribution in [0.4, 0.5) is 0 Å². The first-order chi connectivity index (χ1) is 9.10. The van der Waals surface area contributed by atoms with Crippen molar-refractivity contribution in [2.75, 3.05) is 33.2 Å². The van der Waals surface area contributed by atoms with Crippen LogP contribution in [0, 0.1) is 11.3 Å². The number of β-amino-alcohol motifs (C(OH)–C–C–N with tert-alkyl or cyclic N) is 1. The summed E-state index contributed by atoms with van der Waals surface area (Å²) in [5.74, 6) is 0. The molecule has 0 spiro atoms. The van der Waals surface area contributed by atoms with Crippen molar-refractivity contribution in [1.82, 2.24) is 9.80 Å². The molecule has 1 aliphatic heterocycles. The molecule has 2 unspecified atom stereocenters. The van der Waals surface area contributed by atoms with Crippen LogP contribution in [0.2, 0.25) is 0 Å². The summed E-state index contributed by atoms with van der Waals surface area (Å²) in [5.41, 5.74) is 1.51. The zero-order valence-electron chi connectivity index (χ0n) is 11.6. The van der Waals surface area contributed by atoms with Gasteiger partial charge in [0.15, 0.2) is 0 Å². The molecule has 0 aromatic heterocycles. The summed E-state index contributed by atoms with van der Waals surface area (Å²) in [7, 11) is 2.13. The van der Waals surface area contributed by atoms with Crippen LogP contribution < -0.4 is 0 Å². The van der Waals surface area contributed by atoms with E-state index in [2.05, 4.69) is 29.8 Å². The van der Waals surface area contributed by atoms with Crippen molar-refractivity contribution in [2.24, 2.45) is 0 Å². The number of likely N-dealkylation sites (N-methyl/N-ethyl adjacent to an activating group) is 1. The fourth-order valence-corrected chi connectivity index (χ4v) is 2.56. The van der Waals surface area contributed by atoms with E-state index < -0.39 is 6.10 Å². The molecule has 2 rings (SSSR count). The summed E-state index contributed by atoms with van der Waals surface area (Å²) < 4.78 is 0. The first-order valence-corrected chi connectivity index (χ1v) is 6.71. The SMILES string of the molecule is CC1CN(C)CCN1CC(O)c1ccc(C#N)cc1. The van der Waals surface area contributed by atoms with E-state index in [4.69, 9.17) is 5.26 Å². The van der Waals surface area contributed by atoms with Gasteiger partial charge in [0.05, 0.1) is 17.7 Å². The number of nitrogens with zero attached hydrogens (tertiary/aromatic N) is 3. The molecule has 1 N–H and O–H groups in total. The molecule has 0 amide bonds. The molecular formula is C15H21N3O. The van der Waals surface area contributed by atoms with Crippen molar-refractivity contribution in [3.05, 3.63) is 35.4 Å². The Morgan fingerprint density at radius 1 is 1.37 bits per heavy atom. The van der Waals surface area contributed by atoms with Crippen LogP contribution in [0.3, 0.4) is 0 Å². The Bertz CT molecular complexity index is 451. The van der Waals surface area contributed by atoms with Crippen molar-refractivity contribution in [3.8, 4) is 6.07 Å². The summed E-state index contributed by atoms with van der Waals surface area (Å²) in [6.07, 6.45) is -0.487. The van der Waals surface area contributed by atoms with Crippen LogP contribution in [0.1, 0.15) is 24.2 Å². The highest BCUT2D eigenvalue weighted by Crippen LogP contribution is 2.18. The molecule has 4 nitrogen and oxygen atoms in total. The van der Waals surface area contributed by atoms with Gasteiger partial charge in [0.25, 0.3) is 0 Å². The number of nitriles is 1. The number of aliphatic hydroxyl groups excluding tert-OH is 1. The van der Waals surface area contributed by atoms with Crippen molar-refractivity contribution in [3.63, 3.8) is 0 Å². The molecule has 4 heteroatoms. The van der Waals surface area contributed by atoms with Gasteiger partial charge in [-0.3, -0.25) is 4.90 Å². The minimum atomic E-state index is -0.487. The maximum absolute atomic E-state index is 10.3. The minimum absolute atomic E-state index is 0.465. The Kier molecular flexibility index (Phi) is 4.54. The smallest absolute Gasteiger partial charge is 0.0991 e. The lowest BCUT2D eigenvalue weighted by Crippen LogP contribution is -2.51. The zero-order chi connectivity index (χ0) is 13.8. The van der Waals surface area contributed by atoms with Crippen molar-refractivity contribution >= 4 is 0 Å². The predicted molar refractivity (Wildman–Crippen MR) is 74.6 cm³/mol. The minimum Gasteiger partial charge on any atom is -0.387 e. The van der Waals surface area contributed by atoms with Gasteiger partial charge in [-0.2, -0.15) is 5.26 Å². The van der Waals surface area contributed by atoms with Crippen LogP contribution in [0.25, 0.3) is 0 Å². The number of hydrogen-bond acceptors (Lipinski definition) is 4. The van der Waals surface area contributed by atoms with E-state index in [0.29, 0.717) is 18.2 Å². The quantitative estimate of drug-likeness (QED) is 0.887. The van der Waals surface area contributed by atoms with Crippen LogP contribution in [-0.4, -0.2) is 54.2 Å². The number of benzene rings is 1. The highest BCUT2D eigenvalue weighted by molar-refractivity contribution is 5.32. The lowest BCUT2D eigenvalue weighted by atomic mass is 10.1. The third kappa shape index (κ3) is 3.54. The van der Waals surface area contributed by atoms with E-state index in [-0.39, 0.29) is 0 Å². The van der Waals surface area contributed by atoms with Crippen LogP contribution in [0.5, 0.6) is 0 Å². The molecule has 1 aliphatic rings. The average molecular weight is 259 g/mol. The zero-order valence-corrected chi connectivity index (χ0v) is 11.6. The molecular weight excluding hydrogens is 238 g/mol. The molecule has 0 radical (unpaired) electrons. The molecule has 0 aliphatic carbocycles. The van der Waals surface area contributed by atoms with Gasteiger partial charge in [-0.15, -0.1) is 0 Å². The number of piperazine rings is 1. The maximum Gasteiger partial charge on any atom is 0.0991 e. The van der Waals surface area contributed by atoms with Crippen molar-refractivity contribution < 1.29 is 5.11 Å². The van der Waals surface area contributed by atoms with Gasteiger partial charge in [0.2, 0.25) is 0 Å². The summed E-state index contributed by atoms with van der Waals surface area (Å²) >= 11 is 0. The summed E-state index contributed by atoms with van der Waals surface area (Å²) in [6.45, 7) is 5.93. The lowest BCUT2D eigenvalue weighted by molar-refractivity contribution is 0.0474. The molecule has 0 saturated carbocycles. The highest BCUT2D eigenvalue weighted by atomic mass is 16.3. The van der Waals surface area contributed by atoms with E-state index in [1.807, 2.05) is 12.1 Å². The topological polar surface area (TPSA) is 50.5 Å².